The van der Waals surface area contributed by atoms with Crippen molar-refractivity contribution in [2.75, 3.05) is 31.1 Å². The van der Waals surface area contributed by atoms with E-state index < -0.39 is 27.4 Å². The summed E-state index contributed by atoms with van der Waals surface area (Å²) >= 11 is 0. The first-order valence-electron chi connectivity index (χ1n) is 11.4. The molecule has 0 N–H and O–H groups in total. The lowest BCUT2D eigenvalue weighted by Gasteiger charge is -2.28. The van der Waals surface area contributed by atoms with Gasteiger partial charge < -0.3 is 9.45 Å². The predicted octanol–water partition coefficient (Wildman–Crippen LogP) is 5.13. The molecule has 3 aromatic carbocycles. The van der Waals surface area contributed by atoms with Crippen LogP contribution in [0.2, 0.25) is 0 Å². The monoisotopic (exact) mass is 568 g/mol. The molecular formula is C27H22F6N2O3S. The van der Waals surface area contributed by atoms with E-state index in [4.69, 9.17) is 13.0 Å². The molecule has 1 heterocycles. The van der Waals surface area contributed by atoms with Crippen LogP contribution in [0.1, 0.15) is 16.7 Å². The van der Waals surface area contributed by atoms with E-state index in [0.29, 0.717) is 31.9 Å². The number of hydrogen-bond acceptors (Lipinski definition) is 4. The van der Waals surface area contributed by atoms with Gasteiger partial charge in [-0.1, -0.05) is 48.4 Å². The van der Waals surface area contributed by atoms with E-state index in [-0.39, 0.29) is 0 Å². The van der Waals surface area contributed by atoms with Gasteiger partial charge in [0.25, 0.3) is 5.71 Å². The minimum atomic E-state index is -6.09. The highest BCUT2D eigenvalue weighted by atomic mass is 32.2. The van der Waals surface area contributed by atoms with Gasteiger partial charge in [-0.3, -0.25) is 0 Å². The molecule has 3 aromatic rings. The molecule has 0 radical (unpaired) electrons. The Morgan fingerprint density at radius 1 is 0.821 bits per heavy atom. The third-order valence-corrected chi connectivity index (χ3v) is 6.13. The van der Waals surface area contributed by atoms with E-state index in [1.807, 2.05) is 65.6 Å². The largest absolute Gasteiger partial charge is 0.741 e. The summed E-state index contributed by atoms with van der Waals surface area (Å²) in [5.41, 5.74) is -2.73. The Balaban J connectivity index is 0.000000459. The van der Waals surface area contributed by atoms with Crippen molar-refractivity contribution < 1.29 is 43.9 Å². The first-order chi connectivity index (χ1) is 18.3. The average Bonchev–Trinajstić information content (AvgIpc) is 2.89. The molecule has 0 bridgehead atoms. The molecule has 1 saturated heterocycles. The molecule has 206 valence electrons. The number of halogens is 6. The molecule has 0 atom stereocenters. The van der Waals surface area contributed by atoms with Crippen molar-refractivity contribution in [3.63, 3.8) is 0 Å². The van der Waals surface area contributed by atoms with Crippen LogP contribution in [-0.2, 0) is 16.3 Å². The Hall–Kier alpha value is -3.82. The van der Waals surface area contributed by atoms with Crippen molar-refractivity contribution in [2.45, 2.75) is 11.7 Å². The third-order valence-electron chi connectivity index (χ3n) is 5.56. The zero-order valence-corrected chi connectivity index (χ0v) is 21.0. The van der Waals surface area contributed by atoms with E-state index in [1.54, 1.807) is 6.07 Å². The Labute approximate surface area is 221 Å². The van der Waals surface area contributed by atoms with E-state index >= 15 is 0 Å². The quantitative estimate of drug-likeness (QED) is 0.141. The summed E-state index contributed by atoms with van der Waals surface area (Å²) < 4.78 is 100. The van der Waals surface area contributed by atoms with E-state index in [2.05, 4.69) is 16.4 Å². The second-order valence-corrected chi connectivity index (χ2v) is 9.62. The van der Waals surface area contributed by atoms with Crippen LogP contribution < -0.4 is 4.90 Å². The van der Waals surface area contributed by atoms with Gasteiger partial charge in [-0.2, -0.15) is 26.3 Å². The summed E-state index contributed by atoms with van der Waals surface area (Å²) in [7, 11) is -6.09. The molecule has 0 unspecified atom stereocenters. The number of benzene rings is 3. The average molecular weight is 569 g/mol. The fraction of sp³-hybridized carbons (Fsp3) is 0.222. The van der Waals surface area contributed by atoms with Crippen LogP contribution in [0.25, 0.3) is 0 Å². The Bertz CT molecular complexity index is 1450. The summed E-state index contributed by atoms with van der Waals surface area (Å²) in [6.45, 7) is 2.63. The second-order valence-electron chi connectivity index (χ2n) is 8.25. The molecule has 39 heavy (non-hydrogen) atoms. The summed E-state index contributed by atoms with van der Waals surface area (Å²) in [5.74, 6) is 6.57. The minimum absolute atomic E-state index is 0.603. The van der Waals surface area contributed by atoms with Crippen LogP contribution in [0, 0.1) is 11.8 Å². The summed E-state index contributed by atoms with van der Waals surface area (Å²) in [5, 5.41) is 0. The van der Waals surface area contributed by atoms with Crippen LogP contribution in [-0.4, -0.2) is 54.9 Å². The van der Waals surface area contributed by atoms with Crippen molar-refractivity contribution in [3.8, 4) is 11.8 Å². The van der Waals surface area contributed by atoms with Crippen molar-refractivity contribution >= 4 is 21.5 Å². The topological polar surface area (TPSA) is 63.5 Å². The van der Waals surface area contributed by atoms with E-state index in [0.717, 1.165) is 22.9 Å². The van der Waals surface area contributed by atoms with Crippen molar-refractivity contribution in [2.24, 2.45) is 0 Å². The highest BCUT2D eigenvalue weighted by molar-refractivity contribution is 7.86. The normalized spacial score (nSPS) is 14.0. The second kappa shape index (κ2) is 12.4. The fourth-order valence-electron chi connectivity index (χ4n) is 3.65. The maximum Gasteiger partial charge on any atom is 0.485 e. The van der Waals surface area contributed by atoms with Crippen LogP contribution in [0.5, 0.6) is 0 Å². The van der Waals surface area contributed by atoms with Crippen LogP contribution in [0.4, 0.5) is 32.0 Å². The standard InChI is InChI=1S/C26H22F3N2.CHF3O3S/c27-26(28,29)23-12-7-13-24(20-23)30-16-18-31(19-17-30)25(22-10-5-2-6-11-22)15-14-21-8-3-1-4-9-21;2-1(3,4)8(5,6)7/h1-13,20H,16-19H2;(H,5,6,7)/q+1;/p-1. The molecule has 1 aliphatic rings. The summed E-state index contributed by atoms with van der Waals surface area (Å²) in [6.07, 6.45) is -4.33. The fourth-order valence-corrected chi connectivity index (χ4v) is 3.65. The maximum absolute atomic E-state index is 13.1. The Morgan fingerprint density at radius 2 is 1.36 bits per heavy atom. The number of alkyl halides is 6. The summed E-state index contributed by atoms with van der Waals surface area (Å²) in [4.78, 5) is 2.00. The molecule has 0 aromatic heterocycles. The Morgan fingerprint density at radius 3 is 1.87 bits per heavy atom. The first kappa shape index (κ1) is 29.7. The number of hydrogen-bond donors (Lipinski definition) is 0. The SMILES string of the molecule is FC(F)(F)c1cccc(N2CC[N+](=C(C#Cc3ccccc3)c3ccccc3)CC2)c1.O=S(=O)([O-])C(F)(F)F. The molecule has 5 nitrogen and oxygen atoms in total. The molecule has 4 rings (SSSR count). The van der Waals surface area contributed by atoms with Gasteiger partial charge in [-0.25, -0.2) is 13.0 Å². The van der Waals surface area contributed by atoms with Gasteiger partial charge in [0.15, 0.2) is 23.2 Å². The van der Waals surface area contributed by atoms with Crippen molar-refractivity contribution in [1.29, 1.82) is 0 Å². The van der Waals surface area contributed by atoms with Gasteiger partial charge in [-0.05, 0) is 42.5 Å². The molecule has 1 fully saturated rings. The molecular weight excluding hydrogens is 546 g/mol. The number of piperazine rings is 1. The van der Waals surface area contributed by atoms with Crippen LogP contribution in [0.3, 0.4) is 0 Å². The smallest absolute Gasteiger partial charge is 0.485 e. The number of anilines is 1. The number of rotatable bonds is 2. The lowest BCUT2D eigenvalue weighted by molar-refractivity contribution is -0.528. The Kier molecular flexibility index (Phi) is 9.42. The van der Waals surface area contributed by atoms with Crippen molar-refractivity contribution in [1.82, 2.24) is 0 Å². The lowest BCUT2D eigenvalue weighted by Crippen LogP contribution is -2.44. The van der Waals surface area contributed by atoms with Crippen LogP contribution >= 0.6 is 0 Å². The van der Waals surface area contributed by atoms with Gasteiger partial charge in [0.1, 0.15) is 0 Å². The molecule has 0 aliphatic carbocycles. The predicted molar refractivity (Wildman–Crippen MR) is 133 cm³/mol. The highest BCUT2D eigenvalue weighted by Gasteiger charge is 2.37. The molecule has 0 amide bonds. The van der Waals surface area contributed by atoms with Gasteiger partial charge in [-0.15, -0.1) is 0 Å². The van der Waals surface area contributed by atoms with Gasteiger partial charge in [0.05, 0.1) is 24.2 Å². The maximum atomic E-state index is 13.1. The van der Waals surface area contributed by atoms with E-state index in [9.17, 15) is 26.3 Å². The van der Waals surface area contributed by atoms with Gasteiger partial charge >= 0.3 is 11.7 Å². The molecule has 0 saturated carbocycles. The van der Waals surface area contributed by atoms with Gasteiger partial charge in [0.2, 0.25) is 0 Å². The summed E-state index contributed by atoms with van der Waals surface area (Å²) in [6, 6.07) is 25.4. The zero-order valence-electron chi connectivity index (χ0n) is 20.2. The number of nitrogens with zero attached hydrogens (tertiary/aromatic N) is 2. The highest BCUT2D eigenvalue weighted by Crippen LogP contribution is 2.31. The molecule has 1 aliphatic heterocycles. The third kappa shape index (κ3) is 8.59. The zero-order chi connectivity index (χ0) is 28.7. The van der Waals surface area contributed by atoms with Crippen molar-refractivity contribution in [3.05, 3.63) is 102 Å². The van der Waals surface area contributed by atoms with Gasteiger partial charge in [0, 0.05) is 17.2 Å². The molecule has 12 heteroatoms. The van der Waals surface area contributed by atoms with Crippen LogP contribution in [0.15, 0.2) is 84.9 Å². The minimum Gasteiger partial charge on any atom is -0.741 e. The first-order valence-corrected chi connectivity index (χ1v) is 12.9. The van der Waals surface area contributed by atoms with E-state index in [1.165, 1.54) is 12.1 Å². The lowest BCUT2D eigenvalue weighted by atomic mass is 10.1. The molecule has 0 spiro atoms.